The lowest BCUT2D eigenvalue weighted by atomic mass is 9.75. The molecule has 2 aromatic heterocycles. The predicted octanol–water partition coefficient (Wildman–Crippen LogP) is 11.3. The van der Waals surface area contributed by atoms with Crippen LogP contribution in [-0.2, 0) is 29.4 Å². The molecule has 4 fully saturated rings. The zero-order valence-corrected chi connectivity index (χ0v) is 34.6. The summed E-state index contributed by atoms with van der Waals surface area (Å²) in [5.74, 6) is 0.577. The molecule has 2 aliphatic carbocycles. The van der Waals surface area contributed by atoms with Crippen molar-refractivity contribution in [3.63, 3.8) is 0 Å². The van der Waals surface area contributed by atoms with Gasteiger partial charge >= 0.3 is 24.7 Å². The van der Waals surface area contributed by atoms with Gasteiger partial charge in [0.1, 0.15) is 23.8 Å². The van der Waals surface area contributed by atoms with Gasteiger partial charge in [-0.2, -0.15) is 52.7 Å². The Hall–Kier alpha value is -5.34. The van der Waals surface area contributed by atoms with Crippen molar-refractivity contribution >= 4 is 11.6 Å². The van der Waals surface area contributed by atoms with Crippen molar-refractivity contribution < 1.29 is 76.7 Å². The summed E-state index contributed by atoms with van der Waals surface area (Å²) >= 11 is 0. The fraction of sp³-hybridized carbons (Fsp3) is 0.500. The fourth-order valence-electron chi connectivity index (χ4n) is 9.12. The van der Waals surface area contributed by atoms with Gasteiger partial charge in [0.2, 0.25) is 0 Å². The van der Waals surface area contributed by atoms with Gasteiger partial charge in [-0.25, -0.2) is 9.97 Å². The number of hydrogen-bond donors (Lipinski definition) is 1. The molecule has 2 unspecified atom stereocenters. The van der Waals surface area contributed by atoms with E-state index in [0.717, 1.165) is 87.3 Å². The summed E-state index contributed by atoms with van der Waals surface area (Å²) in [6.07, 6.45) is -11.7. The molecule has 354 valence electrons. The van der Waals surface area contributed by atoms with E-state index in [1.54, 1.807) is 0 Å². The van der Waals surface area contributed by atoms with Crippen LogP contribution in [0.2, 0.25) is 0 Å². The molecule has 6 atom stereocenters. The third-order valence-electron chi connectivity index (χ3n) is 12.2. The van der Waals surface area contributed by atoms with Crippen LogP contribution in [0.15, 0.2) is 73.1 Å². The molecule has 0 spiro atoms. The Labute approximate surface area is 365 Å². The molecule has 21 heteroatoms. The van der Waals surface area contributed by atoms with Gasteiger partial charge in [0, 0.05) is 69.4 Å². The number of phenols is 1. The van der Waals surface area contributed by atoms with Crippen LogP contribution < -0.4 is 24.0 Å². The van der Waals surface area contributed by atoms with Crippen LogP contribution in [0.3, 0.4) is 0 Å². The number of pyridine rings is 2. The van der Waals surface area contributed by atoms with Crippen LogP contribution in [0, 0.1) is 23.7 Å². The lowest BCUT2D eigenvalue weighted by Crippen LogP contribution is -2.54. The fourth-order valence-corrected chi connectivity index (χ4v) is 9.12. The quantitative estimate of drug-likeness (QED) is 0.130. The highest BCUT2D eigenvalue weighted by Crippen LogP contribution is 2.45. The molecule has 1 N–H and O–H groups in total. The number of anilines is 2. The number of halogens is 12. The zero-order valence-electron chi connectivity index (χ0n) is 34.6. The van der Waals surface area contributed by atoms with Gasteiger partial charge in [0.25, 0.3) is 0 Å². The summed E-state index contributed by atoms with van der Waals surface area (Å²) in [6.45, 7) is 1.81. The molecule has 4 aromatic rings. The third-order valence-corrected chi connectivity index (χ3v) is 12.2. The number of rotatable bonds is 9. The van der Waals surface area contributed by atoms with E-state index in [1.165, 1.54) is 25.3 Å². The first-order chi connectivity index (χ1) is 30.6. The normalized spacial score (nSPS) is 23.6. The summed E-state index contributed by atoms with van der Waals surface area (Å²) in [7, 11) is 1.36. The summed E-state index contributed by atoms with van der Waals surface area (Å²) in [5.41, 5.74) is -3.43. The van der Waals surface area contributed by atoms with Crippen molar-refractivity contribution in [1.29, 1.82) is 0 Å². The molecule has 4 bridgehead atoms. The molecule has 2 aliphatic heterocycles. The Morgan fingerprint density at radius 1 is 0.523 bits per heavy atom. The van der Waals surface area contributed by atoms with Gasteiger partial charge in [0.05, 0.1) is 22.3 Å². The molecule has 2 saturated heterocycles. The molecule has 2 saturated carbocycles. The van der Waals surface area contributed by atoms with Crippen LogP contribution in [-0.4, -0.2) is 67.4 Å². The maximum atomic E-state index is 13.2. The number of fused-ring (bicyclic) bond motifs is 4. The molecular formula is C44H44F12N4O5. The van der Waals surface area contributed by atoms with Crippen molar-refractivity contribution in [3.8, 4) is 23.0 Å². The first-order valence-corrected chi connectivity index (χ1v) is 20.7. The van der Waals surface area contributed by atoms with E-state index < -0.39 is 52.7 Å². The third kappa shape index (κ3) is 11.4. The number of alkyl halides is 12. The van der Waals surface area contributed by atoms with E-state index >= 15 is 0 Å². The van der Waals surface area contributed by atoms with Crippen LogP contribution in [0.1, 0.15) is 60.8 Å². The van der Waals surface area contributed by atoms with Crippen molar-refractivity contribution in [2.45, 2.75) is 75.4 Å². The Morgan fingerprint density at radius 3 is 1.28 bits per heavy atom. The van der Waals surface area contributed by atoms with Crippen LogP contribution >= 0.6 is 0 Å². The average molecular weight is 937 g/mol. The van der Waals surface area contributed by atoms with Crippen LogP contribution in [0.4, 0.5) is 64.3 Å². The minimum absolute atomic E-state index is 0.00370. The van der Waals surface area contributed by atoms with Crippen molar-refractivity contribution in [2.75, 3.05) is 49.9 Å². The number of piperidine rings is 2. The molecule has 4 heterocycles. The molecule has 0 amide bonds. The monoisotopic (exact) mass is 936 g/mol. The van der Waals surface area contributed by atoms with Gasteiger partial charge in [-0.05, 0) is 86.3 Å². The van der Waals surface area contributed by atoms with Crippen molar-refractivity contribution in [2.24, 2.45) is 23.7 Å². The maximum absolute atomic E-state index is 13.2. The summed E-state index contributed by atoms with van der Waals surface area (Å²) in [4.78, 5) is 11.8. The Balaban J connectivity index is 0.000000195. The van der Waals surface area contributed by atoms with Gasteiger partial charge in [-0.1, -0.05) is 12.8 Å². The van der Waals surface area contributed by atoms with Crippen LogP contribution in [0.5, 0.6) is 23.0 Å². The number of aromatic hydroxyl groups is 1. The highest BCUT2D eigenvalue weighted by atomic mass is 19.4. The molecule has 9 nitrogen and oxygen atoms in total. The average Bonchev–Trinajstić information content (AvgIpc) is 3.22. The second-order valence-corrected chi connectivity index (χ2v) is 16.6. The zero-order chi connectivity index (χ0) is 46.9. The van der Waals surface area contributed by atoms with Gasteiger partial charge in [0.15, 0.2) is 29.8 Å². The SMILES string of the molecule is COCOc1cc(C(F)(F)F)ccc1OC1[C@@H]2CCC[C@H]1CN(c1ccc(C(F)(F)F)cn1)C2.Oc1cc(C(F)(F)F)ccc1OC1[C@@H]2CCC[C@H]1CN(c1ccc(C(F)(F)F)cn1)C2. The molecular weight excluding hydrogens is 892 g/mol. The van der Waals surface area contributed by atoms with E-state index in [-0.39, 0.29) is 59.9 Å². The number of phenolic OH excluding ortho intramolecular Hbond substituents is 1. The predicted molar refractivity (Wildman–Crippen MR) is 210 cm³/mol. The number of benzene rings is 2. The second-order valence-electron chi connectivity index (χ2n) is 16.6. The van der Waals surface area contributed by atoms with E-state index in [4.69, 9.17) is 18.9 Å². The minimum Gasteiger partial charge on any atom is -0.504 e. The Morgan fingerprint density at radius 2 is 0.908 bits per heavy atom. The van der Waals surface area contributed by atoms with Gasteiger partial charge in [-0.15, -0.1) is 0 Å². The van der Waals surface area contributed by atoms with Crippen molar-refractivity contribution in [1.82, 2.24) is 9.97 Å². The first-order valence-electron chi connectivity index (χ1n) is 20.7. The van der Waals surface area contributed by atoms with Gasteiger partial charge in [-0.3, -0.25) is 0 Å². The standard InChI is InChI=1S/C23H24F6N2O3.C21H20F6N2O2/c1-32-13-33-19-9-16(22(24,25)26)5-7-18(19)34-21-14-3-2-4-15(21)12-31(11-14)20-8-6-17(10-30-20)23(27,28)29;22-20(23,24)14-4-6-17(16(30)8-14)31-19-12-2-1-3-13(19)11-29(10-12)18-7-5-15(9-28-18)21(25,26)27/h5-10,14-15,21H,2-4,11-13H2,1H3;4-9,12-13,19,30H,1-3,10-11H2/t14-,15+,21?;12-,13+,19?. The number of hydrogen-bond acceptors (Lipinski definition) is 9. The highest BCUT2D eigenvalue weighted by Gasteiger charge is 2.44. The molecule has 4 aliphatic rings. The Kier molecular flexibility index (Phi) is 13.8. The van der Waals surface area contributed by atoms with Gasteiger partial charge < -0.3 is 33.9 Å². The molecule has 8 rings (SSSR count). The lowest BCUT2D eigenvalue weighted by molar-refractivity contribution is -0.138. The summed E-state index contributed by atoms with van der Waals surface area (Å²) in [5, 5.41) is 10.0. The number of ether oxygens (including phenoxy) is 4. The van der Waals surface area contributed by atoms with E-state index in [0.29, 0.717) is 43.9 Å². The van der Waals surface area contributed by atoms with Crippen LogP contribution in [0.25, 0.3) is 0 Å². The lowest BCUT2D eigenvalue weighted by Gasteiger charge is -2.47. The second kappa shape index (κ2) is 18.9. The Bertz CT molecular complexity index is 2190. The number of nitrogens with zero attached hydrogens (tertiary/aromatic N) is 4. The van der Waals surface area contributed by atoms with E-state index in [9.17, 15) is 57.8 Å². The summed E-state index contributed by atoms with van der Waals surface area (Å²) < 4.78 is 177. The van der Waals surface area contributed by atoms with Crippen molar-refractivity contribution in [3.05, 3.63) is 95.3 Å². The largest absolute Gasteiger partial charge is 0.504 e. The molecule has 0 radical (unpaired) electrons. The smallest absolute Gasteiger partial charge is 0.417 e. The minimum atomic E-state index is -4.56. The first kappa shape index (κ1) is 47.6. The van der Waals surface area contributed by atoms with E-state index in [2.05, 4.69) is 9.97 Å². The highest BCUT2D eigenvalue weighted by molar-refractivity contribution is 5.46. The summed E-state index contributed by atoms with van der Waals surface area (Å²) in [6, 6.07) is 10.5. The number of methoxy groups -OCH3 is 1. The molecule has 65 heavy (non-hydrogen) atoms. The molecule has 2 aromatic carbocycles. The van der Waals surface area contributed by atoms with E-state index in [1.807, 2.05) is 9.80 Å². The maximum Gasteiger partial charge on any atom is 0.417 e. The topological polar surface area (TPSA) is 89.4 Å². The number of aromatic nitrogens is 2.